The summed E-state index contributed by atoms with van der Waals surface area (Å²) in [5.41, 5.74) is 5.10. The molecule has 1 heterocycles. The molecule has 4 atom stereocenters. The Morgan fingerprint density at radius 2 is 2.13 bits per heavy atom. The number of hydrogen-bond donors (Lipinski definition) is 4. The van der Waals surface area contributed by atoms with Crippen LogP contribution in [0.5, 0.6) is 0 Å². The van der Waals surface area contributed by atoms with E-state index in [1.54, 1.807) is 0 Å². The van der Waals surface area contributed by atoms with E-state index in [4.69, 9.17) is 15.8 Å². The first-order chi connectivity index (χ1) is 10.8. The molecule has 1 saturated carbocycles. The highest BCUT2D eigenvalue weighted by atomic mass is 16.4. The minimum absolute atomic E-state index is 0.0716. The van der Waals surface area contributed by atoms with E-state index in [1.807, 2.05) is 0 Å². The summed E-state index contributed by atoms with van der Waals surface area (Å²) in [4.78, 5) is 14.1. The van der Waals surface area contributed by atoms with Gasteiger partial charge in [-0.1, -0.05) is 12.8 Å². The van der Waals surface area contributed by atoms with Crippen molar-refractivity contribution in [3.8, 4) is 0 Å². The summed E-state index contributed by atoms with van der Waals surface area (Å²) in [7, 11) is 0.839. The summed E-state index contributed by atoms with van der Waals surface area (Å²) in [6.45, 7) is 1.13. The van der Waals surface area contributed by atoms with Gasteiger partial charge in [0.1, 0.15) is 5.54 Å². The normalized spacial score (nSPS) is 35.4. The number of rotatable bonds is 7. The van der Waals surface area contributed by atoms with Crippen LogP contribution in [0.4, 0.5) is 0 Å². The summed E-state index contributed by atoms with van der Waals surface area (Å²) in [6, 6.07) is 0.546. The second-order valence-electron chi connectivity index (χ2n) is 7.63. The summed E-state index contributed by atoms with van der Waals surface area (Å²) in [5, 5.41) is 27.5. The second kappa shape index (κ2) is 7.97. The number of hydrogen-bond acceptors (Lipinski definition) is 5. The Bertz CT molecular complexity index is 410. The standard InChI is InChI=1S/C16H31BN2O4/c1-19-8-3-2-6-14(19)10-12-9-13(5-4-7-17(22)23)16(18,11-12)15(20)21/h12-14,22-23H,2-11,18H2,1H3,(H,20,21)/t12?,13-,14?,16-/m0/s1. The molecule has 2 unspecified atom stereocenters. The fraction of sp³-hybridized carbons (Fsp3) is 0.938. The lowest BCUT2D eigenvalue weighted by atomic mass is 9.78. The molecule has 0 aromatic carbocycles. The molecule has 7 heteroatoms. The third-order valence-corrected chi connectivity index (χ3v) is 5.91. The molecule has 2 fully saturated rings. The molecule has 1 saturated heterocycles. The van der Waals surface area contributed by atoms with Crippen LogP contribution in [0.15, 0.2) is 0 Å². The van der Waals surface area contributed by atoms with Crippen molar-refractivity contribution >= 4 is 13.1 Å². The van der Waals surface area contributed by atoms with Crippen molar-refractivity contribution in [3.05, 3.63) is 0 Å². The van der Waals surface area contributed by atoms with Crippen LogP contribution in [-0.4, -0.2) is 58.3 Å². The fourth-order valence-corrected chi connectivity index (χ4v) is 4.53. The zero-order chi connectivity index (χ0) is 17.0. The molecule has 6 nitrogen and oxygen atoms in total. The molecule has 1 aliphatic carbocycles. The third kappa shape index (κ3) is 4.69. The Hall–Kier alpha value is -0.625. The van der Waals surface area contributed by atoms with Crippen LogP contribution in [-0.2, 0) is 4.79 Å². The molecule has 2 rings (SSSR count). The van der Waals surface area contributed by atoms with E-state index < -0.39 is 18.6 Å². The van der Waals surface area contributed by atoms with Gasteiger partial charge >= 0.3 is 13.1 Å². The van der Waals surface area contributed by atoms with Crippen molar-refractivity contribution < 1.29 is 19.9 Å². The van der Waals surface area contributed by atoms with Crippen molar-refractivity contribution in [2.75, 3.05) is 13.6 Å². The summed E-state index contributed by atoms with van der Waals surface area (Å²) < 4.78 is 0. The molecule has 5 N–H and O–H groups in total. The van der Waals surface area contributed by atoms with E-state index in [0.717, 1.165) is 19.4 Å². The van der Waals surface area contributed by atoms with Gasteiger partial charge in [0.2, 0.25) is 0 Å². The molecule has 0 radical (unpaired) electrons. The van der Waals surface area contributed by atoms with E-state index in [1.165, 1.54) is 19.3 Å². The Balaban J connectivity index is 1.94. The van der Waals surface area contributed by atoms with Gasteiger partial charge in [-0.25, -0.2) is 0 Å². The van der Waals surface area contributed by atoms with Crippen molar-refractivity contribution in [3.63, 3.8) is 0 Å². The van der Waals surface area contributed by atoms with Crippen LogP contribution in [0, 0.1) is 11.8 Å². The van der Waals surface area contributed by atoms with Crippen molar-refractivity contribution in [2.24, 2.45) is 17.6 Å². The summed E-state index contributed by atoms with van der Waals surface area (Å²) in [6.07, 6.45) is 7.64. The van der Waals surface area contributed by atoms with Crippen LogP contribution >= 0.6 is 0 Å². The van der Waals surface area contributed by atoms with Gasteiger partial charge in [0, 0.05) is 6.04 Å². The Kier molecular flexibility index (Phi) is 6.48. The molecule has 0 spiro atoms. The van der Waals surface area contributed by atoms with Crippen LogP contribution < -0.4 is 5.73 Å². The van der Waals surface area contributed by atoms with Gasteiger partial charge in [0.25, 0.3) is 0 Å². The lowest BCUT2D eigenvalue weighted by Crippen LogP contribution is -2.51. The Labute approximate surface area is 139 Å². The predicted molar refractivity (Wildman–Crippen MR) is 89.9 cm³/mol. The predicted octanol–water partition coefficient (Wildman–Crippen LogP) is 0.922. The van der Waals surface area contributed by atoms with E-state index >= 15 is 0 Å². The van der Waals surface area contributed by atoms with Crippen molar-refractivity contribution in [1.29, 1.82) is 0 Å². The Morgan fingerprint density at radius 3 is 2.74 bits per heavy atom. The van der Waals surface area contributed by atoms with Crippen LogP contribution in [0.3, 0.4) is 0 Å². The van der Waals surface area contributed by atoms with Gasteiger partial charge < -0.3 is 25.8 Å². The second-order valence-corrected chi connectivity index (χ2v) is 7.63. The number of nitrogens with two attached hydrogens (primary N) is 1. The highest BCUT2D eigenvalue weighted by molar-refractivity contribution is 6.40. The molecule has 0 aromatic heterocycles. The number of carboxylic acid groups (broad SMARTS) is 1. The van der Waals surface area contributed by atoms with Gasteiger partial charge in [-0.2, -0.15) is 0 Å². The van der Waals surface area contributed by atoms with Gasteiger partial charge in [-0.05, 0) is 70.3 Å². The van der Waals surface area contributed by atoms with Crippen LogP contribution in [0.2, 0.25) is 6.32 Å². The molecule has 2 aliphatic rings. The van der Waals surface area contributed by atoms with Gasteiger partial charge in [-0.15, -0.1) is 0 Å². The van der Waals surface area contributed by atoms with Gasteiger partial charge in [-0.3, -0.25) is 4.79 Å². The molecule has 0 amide bonds. The van der Waals surface area contributed by atoms with Crippen molar-refractivity contribution in [2.45, 2.75) is 69.3 Å². The molecule has 1 aliphatic heterocycles. The minimum Gasteiger partial charge on any atom is -0.480 e. The maximum Gasteiger partial charge on any atom is 0.451 e. The maximum absolute atomic E-state index is 11.7. The molecular weight excluding hydrogens is 295 g/mol. The molecular formula is C16H31BN2O4. The highest BCUT2D eigenvalue weighted by Gasteiger charge is 2.50. The van der Waals surface area contributed by atoms with Crippen LogP contribution in [0.25, 0.3) is 0 Å². The monoisotopic (exact) mass is 326 g/mol. The van der Waals surface area contributed by atoms with E-state index in [0.29, 0.717) is 31.2 Å². The van der Waals surface area contributed by atoms with Gasteiger partial charge in [0.05, 0.1) is 0 Å². The molecule has 23 heavy (non-hydrogen) atoms. The molecule has 0 bridgehead atoms. The first kappa shape index (κ1) is 18.7. The van der Waals surface area contributed by atoms with E-state index in [9.17, 15) is 9.90 Å². The average Bonchev–Trinajstić information content (AvgIpc) is 2.79. The number of carboxylic acids is 1. The smallest absolute Gasteiger partial charge is 0.451 e. The Morgan fingerprint density at radius 1 is 1.39 bits per heavy atom. The van der Waals surface area contributed by atoms with Crippen LogP contribution in [0.1, 0.15) is 51.4 Å². The molecule has 132 valence electrons. The topological polar surface area (TPSA) is 107 Å². The lowest BCUT2D eigenvalue weighted by molar-refractivity contribution is -0.145. The highest BCUT2D eigenvalue weighted by Crippen LogP contribution is 2.44. The van der Waals surface area contributed by atoms with Gasteiger partial charge in [0.15, 0.2) is 0 Å². The largest absolute Gasteiger partial charge is 0.480 e. The number of carbonyl (C=O) groups is 1. The zero-order valence-corrected chi connectivity index (χ0v) is 14.2. The SMILES string of the molecule is CN1CCCCC1CC1C[C@H](CCCB(O)O)[C@](N)(C(=O)O)C1. The quantitative estimate of drug-likeness (QED) is 0.518. The number of nitrogens with zero attached hydrogens (tertiary/aromatic N) is 1. The van der Waals surface area contributed by atoms with E-state index in [2.05, 4.69) is 11.9 Å². The summed E-state index contributed by atoms with van der Waals surface area (Å²) in [5.74, 6) is -0.630. The van der Waals surface area contributed by atoms with E-state index in [-0.39, 0.29) is 12.2 Å². The number of piperidine rings is 1. The summed E-state index contributed by atoms with van der Waals surface area (Å²) >= 11 is 0. The number of aliphatic carboxylic acids is 1. The van der Waals surface area contributed by atoms with Crippen molar-refractivity contribution in [1.82, 2.24) is 4.90 Å². The molecule has 0 aromatic rings. The third-order valence-electron chi connectivity index (χ3n) is 5.91. The maximum atomic E-state index is 11.7. The zero-order valence-electron chi connectivity index (χ0n) is 14.2. The first-order valence-corrected chi connectivity index (χ1v) is 8.91. The lowest BCUT2D eigenvalue weighted by Gasteiger charge is -2.34. The number of likely N-dealkylation sites (tertiary alicyclic amines) is 1. The fourth-order valence-electron chi connectivity index (χ4n) is 4.53. The minimum atomic E-state index is -1.32. The average molecular weight is 326 g/mol. The first-order valence-electron chi connectivity index (χ1n) is 8.91.